The first-order valence-corrected chi connectivity index (χ1v) is 6.25. The molecule has 0 radical (unpaired) electrons. The van der Waals surface area contributed by atoms with E-state index in [0.717, 1.165) is 26.0 Å². The fourth-order valence-electron chi connectivity index (χ4n) is 2.50. The Kier molecular flexibility index (Phi) is 4.02. The highest BCUT2D eigenvalue weighted by atomic mass is 16.5. The van der Waals surface area contributed by atoms with Crippen LogP contribution in [0.15, 0.2) is 18.2 Å². The lowest BCUT2D eigenvalue weighted by Gasteiger charge is -2.17. The lowest BCUT2D eigenvalue weighted by atomic mass is 10.1. The average molecular weight is 235 g/mol. The molecule has 94 valence electrons. The van der Waals surface area contributed by atoms with E-state index in [9.17, 15) is 5.11 Å². The highest BCUT2D eigenvalue weighted by Gasteiger charge is 2.22. The predicted molar refractivity (Wildman–Crippen MR) is 68.2 cm³/mol. The first-order valence-electron chi connectivity index (χ1n) is 6.25. The van der Waals surface area contributed by atoms with Gasteiger partial charge in [-0.15, -0.1) is 0 Å². The Morgan fingerprint density at radius 1 is 1.53 bits per heavy atom. The number of nitrogens with one attached hydrogen (secondary N) is 1. The standard InChI is InChI=1S/C14H21NO2/c1-10(9-17-2)8-15-14-6-3-11-7-12(16)4-5-13(11)14/h4-5,7,10,14-16H,3,6,8-9H2,1-2H3. The highest BCUT2D eigenvalue weighted by Crippen LogP contribution is 2.33. The van der Waals surface area contributed by atoms with Crippen molar-refractivity contribution in [2.75, 3.05) is 20.3 Å². The topological polar surface area (TPSA) is 41.5 Å². The molecule has 3 nitrogen and oxygen atoms in total. The number of rotatable bonds is 5. The van der Waals surface area contributed by atoms with E-state index in [1.807, 2.05) is 12.1 Å². The molecule has 0 saturated heterocycles. The Bertz CT molecular complexity index is 378. The van der Waals surface area contributed by atoms with Gasteiger partial charge in [-0.25, -0.2) is 0 Å². The first-order chi connectivity index (χ1) is 8.20. The summed E-state index contributed by atoms with van der Waals surface area (Å²) >= 11 is 0. The summed E-state index contributed by atoms with van der Waals surface area (Å²) in [5.74, 6) is 0.901. The van der Waals surface area contributed by atoms with Crippen LogP contribution in [0.4, 0.5) is 0 Å². The number of fused-ring (bicyclic) bond motifs is 1. The lowest BCUT2D eigenvalue weighted by molar-refractivity contribution is 0.157. The van der Waals surface area contributed by atoms with Crippen molar-refractivity contribution in [1.82, 2.24) is 5.32 Å². The van der Waals surface area contributed by atoms with E-state index in [1.165, 1.54) is 11.1 Å². The average Bonchev–Trinajstić information content (AvgIpc) is 2.69. The molecule has 17 heavy (non-hydrogen) atoms. The zero-order chi connectivity index (χ0) is 12.3. The van der Waals surface area contributed by atoms with Gasteiger partial charge in [0.05, 0.1) is 0 Å². The van der Waals surface area contributed by atoms with Crippen LogP contribution in [-0.2, 0) is 11.2 Å². The Hall–Kier alpha value is -1.06. The van der Waals surface area contributed by atoms with Gasteiger partial charge in [-0.05, 0) is 42.0 Å². The lowest BCUT2D eigenvalue weighted by Crippen LogP contribution is -2.26. The monoisotopic (exact) mass is 235 g/mol. The van der Waals surface area contributed by atoms with E-state index < -0.39 is 0 Å². The summed E-state index contributed by atoms with van der Waals surface area (Å²) in [6.07, 6.45) is 2.18. The molecule has 3 heteroatoms. The zero-order valence-electron chi connectivity index (χ0n) is 10.6. The van der Waals surface area contributed by atoms with Crippen LogP contribution in [0.5, 0.6) is 5.75 Å². The van der Waals surface area contributed by atoms with Gasteiger partial charge in [-0.1, -0.05) is 13.0 Å². The van der Waals surface area contributed by atoms with Crippen LogP contribution < -0.4 is 5.32 Å². The minimum Gasteiger partial charge on any atom is -0.508 e. The van der Waals surface area contributed by atoms with Gasteiger partial charge < -0.3 is 15.2 Å². The van der Waals surface area contributed by atoms with Crippen LogP contribution in [0.25, 0.3) is 0 Å². The van der Waals surface area contributed by atoms with Crippen molar-refractivity contribution in [2.45, 2.75) is 25.8 Å². The maximum absolute atomic E-state index is 9.43. The number of hydrogen-bond donors (Lipinski definition) is 2. The van der Waals surface area contributed by atoms with Crippen molar-refractivity contribution in [1.29, 1.82) is 0 Å². The number of benzene rings is 1. The van der Waals surface area contributed by atoms with Crippen molar-refractivity contribution < 1.29 is 9.84 Å². The fourth-order valence-corrected chi connectivity index (χ4v) is 2.50. The molecule has 0 heterocycles. The third-order valence-corrected chi connectivity index (χ3v) is 3.37. The summed E-state index contributed by atoms with van der Waals surface area (Å²) < 4.78 is 5.13. The van der Waals surface area contributed by atoms with Gasteiger partial charge in [-0.3, -0.25) is 0 Å². The van der Waals surface area contributed by atoms with E-state index in [-0.39, 0.29) is 0 Å². The van der Waals surface area contributed by atoms with Gasteiger partial charge in [0.25, 0.3) is 0 Å². The second kappa shape index (κ2) is 5.52. The first kappa shape index (κ1) is 12.4. The van der Waals surface area contributed by atoms with Gasteiger partial charge in [0.1, 0.15) is 5.75 Å². The number of ether oxygens (including phenoxy) is 1. The summed E-state index contributed by atoms with van der Waals surface area (Å²) in [7, 11) is 1.74. The van der Waals surface area contributed by atoms with E-state index >= 15 is 0 Å². The minimum atomic E-state index is 0.372. The predicted octanol–water partition coefficient (Wildman–Crippen LogP) is 2.25. The molecule has 0 bridgehead atoms. The Balaban J connectivity index is 1.93. The molecule has 0 fully saturated rings. The summed E-state index contributed by atoms with van der Waals surface area (Å²) in [4.78, 5) is 0. The van der Waals surface area contributed by atoms with Gasteiger partial charge in [0.15, 0.2) is 0 Å². The normalized spacial score (nSPS) is 20.2. The minimum absolute atomic E-state index is 0.372. The molecule has 0 amide bonds. The van der Waals surface area contributed by atoms with Crippen LogP contribution in [0, 0.1) is 5.92 Å². The summed E-state index contributed by atoms with van der Waals surface area (Å²) in [5, 5.41) is 13.0. The molecule has 0 spiro atoms. The fraction of sp³-hybridized carbons (Fsp3) is 0.571. The summed E-state index contributed by atoms with van der Waals surface area (Å²) in [6.45, 7) is 3.95. The van der Waals surface area contributed by atoms with Crippen LogP contribution in [0.3, 0.4) is 0 Å². The molecule has 0 aromatic heterocycles. The molecule has 2 N–H and O–H groups in total. The molecule has 2 atom stereocenters. The number of phenols is 1. The largest absolute Gasteiger partial charge is 0.508 e. The highest BCUT2D eigenvalue weighted by molar-refractivity contribution is 5.39. The maximum Gasteiger partial charge on any atom is 0.115 e. The molecule has 1 aromatic carbocycles. The van der Waals surface area contributed by atoms with E-state index in [0.29, 0.717) is 17.7 Å². The van der Waals surface area contributed by atoms with E-state index in [2.05, 4.69) is 12.2 Å². The third-order valence-electron chi connectivity index (χ3n) is 3.37. The van der Waals surface area contributed by atoms with Gasteiger partial charge in [0.2, 0.25) is 0 Å². The SMILES string of the molecule is COCC(C)CNC1CCc2cc(O)ccc21. The number of phenolic OH excluding ortho intramolecular Hbond substituents is 1. The molecule has 1 aliphatic carbocycles. The molecular weight excluding hydrogens is 214 g/mol. The number of aromatic hydroxyl groups is 1. The van der Waals surface area contributed by atoms with Crippen LogP contribution in [0.1, 0.15) is 30.5 Å². The van der Waals surface area contributed by atoms with Crippen LogP contribution in [-0.4, -0.2) is 25.4 Å². The number of aryl methyl sites for hydroxylation is 1. The Morgan fingerprint density at radius 2 is 2.35 bits per heavy atom. The van der Waals surface area contributed by atoms with E-state index in [4.69, 9.17) is 4.74 Å². The van der Waals surface area contributed by atoms with Crippen LogP contribution >= 0.6 is 0 Å². The third kappa shape index (κ3) is 2.99. The molecule has 2 unspecified atom stereocenters. The second-order valence-electron chi connectivity index (χ2n) is 4.94. The number of hydrogen-bond acceptors (Lipinski definition) is 3. The molecule has 2 rings (SSSR count). The molecule has 1 aliphatic rings. The summed E-state index contributed by atoms with van der Waals surface area (Å²) in [5.41, 5.74) is 2.62. The summed E-state index contributed by atoms with van der Waals surface area (Å²) in [6, 6.07) is 6.13. The number of methoxy groups -OCH3 is 1. The molecular formula is C14H21NO2. The van der Waals surface area contributed by atoms with Crippen LogP contribution in [0.2, 0.25) is 0 Å². The van der Waals surface area contributed by atoms with Gasteiger partial charge >= 0.3 is 0 Å². The smallest absolute Gasteiger partial charge is 0.115 e. The quantitative estimate of drug-likeness (QED) is 0.822. The molecule has 1 aromatic rings. The molecule has 0 aliphatic heterocycles. The van der Waals surface area contributed by atoms with Crippen molar-refractivity contribution >= 4 is 0 Å². The maximum atomic E-state index is 9.43. The van der Waals surface area contributed by atoms with E-state index in [1.54, 1.807) is 13.2 Å². The Morgan fingerprint density at radius 3 is 3.12 bits per heavy atom. The molecule has 0 saturated carbocycles. The van der Waals surface area contributed by atoms with Gasteiger partial charge in [-0.2, -0.15) is 0 Å². The van der Waals surface area contributed by atoms with Gasteiger partial charge in [0, 0.05) is 26.3 Å². The zero-order valence-corrected chi connectivity index (χ0v) is 10.6. The van der Waals surface area contributed by atoms with Crippen molar-refractivity contribution in [2.24, 2.45) is 5.92 Å². The Labute approximate surface area is 103 Å². The van der Waals surface area contributed by atoms with Crippen molar-refractivity contribution in [3.05, 3.63) is 29.3 Å². The van der Waals surface area contributed by atoms with Crippen molar-refractivity contribution in [3.8, 4) is 5.75 Å². The van der Waals surface area contributed by atoms with Crippen molar-refractivity contribution in [3.63, 3.8) is 0 Å². The second-order valence-corrected chi connectivity index (χ2v) is 4.94.